The summed E-state index contributed by atoms with van der Waals surface area (Å²) in [6, 6.07) is 5.45. The first-order chi connectivity index (χ1) is 13.4. The number of benzene rings is 1. The van der Waals surface area contributed by atoms with E-state index in [9.17, 15) is 9.59 Å². The number of hydrogen-bond acceptors (Lipinski definition) is 5. The molecule has 3 rings (SSSR count). The van der Waals surface area contributed by atoms with Crippen LogP contribution in [0.3, 0.4) is 0 Å². The maximum Gasteiger partial charge on any atom is 0.254 e. The highest BCUT2D eigenvalue weighted by molar-refractivity contribution is 7.18. The van der Waals surface area contributed by atoms with Gasteiger partial charge in [0.25, 0.3) is 5.91 Å². The van der Waals surface area contributed by atoms with Gasteiger partial charge in [0.1, 0.15) is 0 Å². The quantitative estimate of drug-likeness (QED) is 0.710. The minimum Gasteiger partial charge on any atom is -0.383 e. The first-order valence-corrected chi connectivity index (χ1v) is 10.5. The summed E-state index contributed by atoms with van der Waals surface area (Å²) in [5, 5.41) is 0.723. The van der Waals surface area contributed by atoms with Gasteiger partial charge in [0.2, 0.25) is 0 Å². The summed E-state index contributed by atoms with van der Waals surface area (Å²) < 4.78 is 11.2. The molecule has 1 aromatic carbocycles. The summed E-state index contributed by atoms with van der Waals surface area (Å²) in [6.07, 6.45) is 2.80. The lowest BCUT2D eigenvalue weighted by Crippen LogP contribution is -2.36. The predicted molar refractivity (Wildman–Crippen MR) is 114 cm³/mol. The van der Waals surface area contributed by atoms with Crippen LogP contribution in [0.25, 0.3) is 10.1 Å². The number of rotatable bonds is 7. The van der Waals surface area contributed by atoms with Gasteiger partial charge in [0.15, 0.2) is 5.43 Å². The van der Waals surface area contributed by atoms with Crippen molar-refractivity contribution in [2.45, 2.75) is 33.1 Å². The van der Waals surface area contributed by atoms with Gasteiger partial charge >= 0.3 is 0 Å². The van der Waals surface area contributed by atoms with Crippen LogP contribution in [0.1, 0.15) is 41.1 Å². The monoisotopic (exact) mass is 403 g/mol. The number of carbonyl (C=O) groups is 1. The Balaban J connectivity index is 1.96. The highest BCUT2D eigenvalue weighted by Crippen LogP contribution is 2.37. The predicted octanol–water partition coefficient (Wildman–Crippen LogP) is 3.51. The Labute approximate surface area is 170 Å². The molecule has 1 aliphatic carbocycles. The number of fused-ring (bicyclic) bond motifs is 2. The third-order valence-electron chi connectivity index (χ3n) is 5.43. The van der Waals surface area contributed by atoms with Crippen LogP contribution in [0.4, 0.5) is 0 Å². The Morgan fingerprint density at radius 2 is 1.86 bits per heavy atom. The first kappa shape index (κ1) is 21.0. The summed E-state index contributed by atoms with van der Waals surface area (Å²) in [4.78, 5) is 28.9. The summed E-state index contributed by atoms with van der Waals surface area (Å²) in [5.41, 5.74) is 1.92. The molecule has 0 spiro atoms. The van der Waals surface area contributed by atoms with E-state index < -0.39 is 0 Å². The SMILES string of the molecule is COCCN(CCOC)C(=O)c1ccc2c(=O)c3c(sc2c1)CC(C)(C)CC3. The van der Waals surface area contributed by atoms with E-state index >= 15 is 0 Å². The van der Waals surface area contributed by atoms with Crippen LogP contribution in [-0.2, 0) is 22.3 Å². The van der Waals surface area contributed by atoms with E-state index in [0.717, 1.165) is 34.9 Å². The first-order valence-electron chi connectivity index (χ1n) is 9.72. The molecule has 0 N–H and O–H groups in total. The van der Waals surface area contributed by atoms with Crippen molar-refractivity contribution < 1.29 is 14.3 Å². The number of nitrogens with zero attached hydrogens (tertiary/aromatic N) is 1. The molecule has 0 atom stereocenters. The fraction of sp³-hybridized carbons (Fsp3) is 0.545. The highest BCUT2D eigenvalue weighted by Gasteiger charge is 2.28. The van der Waals surface area contributed by atoms with E-state index in [0.29, 0.717) is 31.9 Å². The Bertz CT molecular complexity index is 911. The Morgan fingerprint density at radius 3 is 2.50 bits per heavy atom. The lowest BCUT2D eigenvalue weighted by atomic mass is 9.77. The van der Waals surface area contributed by atoms with Crippen LogP contribution in [-0.4, -0.2) is 51.3 Å². The molecule has 0 aliphatic heterocycles. The molecule has 0 radical (unpaired) electrons. The van der Waals surface area contributed by atoms with Crippen molar-refractivity contribution in [2.24, 2.45) is 5.41 Å². The normalized spacial score (nSPS) is 15.4. The maximum atomic E-state index is 13.0. The van der Waals surface area contributed by atoms with E-state index in [1.165, 1.54) is 4.88 Å². The van der Waals surface area contributed by atoms with Gasteiger partial charge in [-0.15, -0.1) is 11.3 Å². The van der Waals surface area contributed by atoms with Gasteiger partial charge in [0.05, 0.1) is 13.2 Å². The van der Waals surface area contributed by atoms with Crippen LogP contribution in [0, 0.1) is 5.41 Å². The molecule has 6 heteroatoms. The Kier molecular flexibility index (Phi) is 6.53. The molecular formula is C22H29NO4S. The van der Waals surface area contributed by atoms with Crippen molar-refractivity contribution in [2.75, 3.05) is 40.5 Å². The van der Waals surface area contributed by atoms with E-state index in [2.05, 4.69) is 13.8 Å². The lowest BCUT2D eigenvalue weighted by molar-refractivity contribution is 0.0627. The van der Waals surface area contributed by atoms with Crippen LogP contribution < -0.4 is 5.43 Å². The molecule has 0 unspecified atom stereocenters. The fourth-order valence-electron chi connectivity index (χ4n) is 3.69. The Hall–Kier alpha value is -1.76. The van der Waals surface area contributed by atoms with Crippen molar-refractivity contribution in [1.82, 2.24) is 4.90 Å². The minimum absolute atomic E-state index is 0.0614. The second-order valence-corrected chi connectivity index (χ2v) is 9.30. The average molecular weight is 404 g/mol. The molecule has 1 aromatic heterocycles. The van der Waals surface area contributed by atoms with Crippen molar-refractivity contribution in [3.8, 4) is 0 Å². The molecule has 0 fully saturated rings. The van der Waals surface area contributed by atoms with Crippen LogP contribution >= 0.6 is 11.3 Å². The Morgan fingerprint density at radius 1 is 1.18 bits per heavy atom. The molecule has 152 valence electrons. The van der Waals surface area contributed by atoms with Gasteiger partial charge in [-0.1, -0.05) is 13.8 Å². The van der Waals surface area contributed by atoms with Gasteiger partial charge in [-0.2, -0.15) is 0 Å². The molecule has 0 saturated heterocycles. The molecule has 5 nitrogen and oxygen atoms in total. The van der Waals surface area contributed by atoms with E-state index in [4.69, 9.17) is 9.47 Å². The summed E-state index contributed by atoms with van der Waals surface area (Å²) >= 11 is 1.66. The number of carbonyl (C=O) groups excluding carboxylic acids is 1. The molecular weight excluding hydrogens is 374 g/mol. The molecule has 2 aromatic rings. The van der Waals surface area contributed by atoms with Crippen LogP contribution in [0.15, 0.2) is 23.0 Å². The zero-order valence-electron chi connectivity index (χ0n) is 17.2. The third kappa shape index (κ3) is 4.45. The van der Waals surface area contributed by atoms with Crippen molar-refractivity contribution in [3.63, 3.8) is 0 Å². The number of hydrogen-bond donors (Lipinski definition) is 0. The van der Waals surface area contributed by atoms with E-state index in [1.807, 2.05) is 12.1 Å². The second kappa shape index (κ2) is 8.72. The van der Waals surface area contributed by atoms with Gasteiger partial charge in [-0.05, 0) is 42.9 Å². The van der Waals surface area contributed by atoms with Crippen molar-refractivity contribution in [3.05, 3.63) is 44.4 Å². The molecule has 28 heavy (non-hydrogen) atoms. The van der Waals surface area contributed by atoms with Crippen LogP contribution in [0.2, 0.25) is 0 Å². The van der Waals surface area contributed by atoms with Gasteiger partial charge in [-0.25, -0.2) is 0 Å². The molecule has 1 aliphatic rings. The molecule has 0 bridgehead atoms. The van der Waals surface area contributed by atoms with Crippen molar-refractivity contribution >= 4 is 27.3 Å². The fourth-order valence-corrected chi connectivity index (χ4v) is 5.20. The molecule has 1 heterocycles. The lowest BCUT2D eigenvalue weighted by Gasteiger charge is -2.30. The van der Waals surface area contributed by atoms with Gasteiger partial charge < -0.3 is 14.4 Å². The highest BCUT2D eigenvalue weighted by atomic mass is 32.1. The van der Waals surface area contributed by atoms with Gasteiger partial charge in [0, 0.05) is 53.4 Å². The largest absolute Gasteiger partial charge is 0.383 e. The van der Waals surface area contributed by atoms with Crippen molar-refractivity contribution in [1.29, 1.82) is 0 Å². The summed E-state index contributed by atoms with van der Waals surface area (Å²) in [6.45, 7) is 6.45. The van der Waals surface area contributed by atoms with E-state index in [1.54, 1.807) is 36.5 Å². The standard InChI is InChI=1S/C22H29NO4S/c1-22(2)8-7-17-19(14-22)28-18-13-15(5-6-16(18)20(17)24)21(25)23(9-11-26-3)10-12-27-4/h5-6,13H,7-12,14H2,1-4H3. The second-order valence-electron chi connectivity index (χ2n) is 8.16. The number of methoxy groups -OCH3 is 2. The van der Waals surface area contributed by atoms with E-state index in [-0.39, 0.29) is 16.8 Å². The minimum atomic E-state index is -0.0614. The smallest absolute Gasteiger partial charge is 0.254 e. The topological polar surface area (TPSA) is 55.8 Å². The van der Waals surface area contributed by atoms with Gasteiger partial charge in [-0.3, -0.25) is 9.59 Å². The third-order valence-corrected chi connectivity index (χ3v) is 6.62. The zero-order valence-corrected chi connectivity index (χ0v) is 18.0. The number of ether oxygens (including phenoxy) is 2. The maximum absolute atomic E-state index is 13.0. The molecule has 0 saturated carbocycles. The average Bonchev–Trinajstić information content (AvgIpc) is 2.66. The zero-order chi connectivity index (χ0) is 20.3. The van der Waals surface area contributed by atoms with Crippen LogP contribution in [0.5, 0.6) is 0 Å². The summed E-state index contributed by atoms with van der Waals surface area (Å²) in [5.74, 6) is -0.0614. The summed E-state index contributed by atoms with van der Waals surface area (Å²) in [7, 11) is 3.24. The number of amides is 1. The molecule has 1 amide bonds.